The van der Waals surface area contributed by atoms with Crippen molar-refractivity contribution in [3.8, 4) is 0 Å². The number of nitrogens with one attached hydrogen (secondary N) is 1. The van der Waals surface area contributed by atoms with Gasteiger partial charge in [-0.3, -0.25) is 9.48 Å². The molecule has 1 fully saturated rings. The Kier molecular flexibility index (Phi) is 4.30. The Morgan fingerprint density at radius 1 is 1.39 bits per heavy atom. The summed E-state index contributed by atoms with van der Waals surface area (Å²) < 4.78 is 1.62. The van der Waals surface area contributed by atoms with Gasteiger partial charge in [0.15, 0.2) is 0 Å². The van der Waals surface area contributed by atoms with Gasteiger partial charge in [-0.25, -0.2) is 0 Å². The van der Waals surface area contributed by atoms with E-state index in [1.165, 1.54) is 6.42 Å². The van der Waals surface area contributed by atoms with Crippen LogP contribution in [-0.4, -0.2) is 38.2 Å². The number of hydrogen-bond donors (Lipinski definition) is 2. The first kappa shape index (κ1) is 13.0. The molecule has 6 heteroatoms. The Hall–Kier alpha value is -1.43. The highest BCUT2D eigenvalue weighted by atomic mass is 16.3. The first-order valence-corrected chi connectivity index (χ1v) is 6.51. The summed E-state index contributed by atoms with van der Waals surface area (Å²) in [5.41, 5.74) is -0.693. The van der Waals surface area contributed by atoms with E-state index in [4.69, 9.17) is 0 Å². The van der Waals surface area contributed by atoms with E-state index in [0.29, 0.717) is 19.5 Å². The van der Waals surface area contributed by atoms with Crippen LogP contribution in [0.2, 0.25) is 0 Å². The largest absolute Gasteiger partial charge is 0.388 e. The molecule has 1 aliphatic carbocycles. The van der Waals surface area contributed by atoms with E-state index in [1.807, 2.05) is 0 Å². The van der Waals surface area contributed by atoms with Crippen molar-refractivity contribution in [3.63, 3.8) is 0 Å². The van der Waals surface area contributed by atoms with Gasteiger partial charge in [-0.15, -0.1) is 5.10 Å². The van der Waals surface area contributed by atoms with Gasteiger partial charge in [0.2, 0.25) is 5.91 Å². The van der Waals surface area contributed by atoms with Crippen LogP contribution in [0.3, 0.4) is 0 Å². The fraction of sp³-hybridized carbons (Fsp3) is 0.750. The van der Waals surface area contributed by atoms with Gasteiger partial charge in [0.05, 0.1) is 18.3 Å². The number of aryl methyl sites for hydroxylation is 1. The molecular formula is C12H20N4O2. The lowest BCUT2D eigenvalue weighted by atomic mass is 9.85. The second kappa shape index (κ2) is 5.95. The number of amides is 1. The molecule has 0 aliphatic heterocycles. The zero-order valence-electron chi connectivity index (χ0n) is 10.5. The molecule has 0 atom stereocenters. The third kappa shape index (κ3) is 3.80. The van der Waals surface area contributed by atoms with Crippen LogP contribution < -0.4 is 5.32 Å². The summed E-state index contributed by atoms with van der Waals surface area (Å²) in [4.78, 5) is 11.6. The summed E-state index contributed by atoms with van der Waals surface area (Å²) in [7, 11) is 0. The molecule has 1 aliphatic rings. The molecule has 0 unspecified atom stereocenters. The molecule has 0 bridgehead atoms. The van der Waals surface area contributed by atoms with Crippen LogP contribution in [-0.2, 0) is 11.3 Å². The van der Waals surface area contributed by atoms with Gasteiger partial charge in [0.1, 0.15) is 0 Å². The lowest BCUT2D eigenvalue weighted by Crippen LogP contribution is -2.44. The molecule has 1 amide bonds. The van der Waals surface area contributed by atoms with Crippen molar-refractivity contribution in [1.29, 1.82) is 0 Å². The predicted molar refractivity (Wildman–Crippen MR) is 65.7 cm³/mol. The monoisotopic (exact) mass is 252 g/mol. The lowest BCUT2D eigenvalue weighted by Gasteiger charge is -2.32. The van der Waals surface area contributed by atoms with E-state index >= 15 is 0 Å². The lowest BCUT2D eigenvalue weighted by molar-refractivity contribution is -0.123. The zero-order valence-corrected chi connectivity index (χ0v) is 10.5. The van der Waals surface area contributed by atoms with Gasteiger partial charge in [0, 0.05) is 19.2 Å². The second-order valence-corrected chi connectivity index (χ2v) is 4.98. The number of carbonyl (C=O) groups excluding carboxylic acids is 1. The Bertz CT molecular complexity index is 371. The van der Waals surface area contributed by atoms with Crippen molar-refractivity contribution in [3.05, 3.63) is 12.4 Å². The van der Waals surface area contributed by atoms with Crippen molar-refractivity contribution in [1.82, 2.24) is 20.3 Å². The number of hydrogen-bond acceptors (Lipinski definition) is 4. The summed E-state index contributed by atoms with van der Waals surface area (Å²) in [5, 5.41) is 20.5. The van der Waals surface area contributed by atoms with E-state index in [9.17, 15) is 9.90 Å². The van der Waals surface area contributed by atoms with Crippen LogP contribution in [0.15, 0.2) is 12.4 Å². The Morgan fingerprint density at radius 3 is 2.83 bits per heavy atom. The van der Waals surface area contributed by atoms with Gasteiger partial charge >= 0.3 is 0 Å². The highest BCUT2D eigenvalue weighted by Gasteiger charge is 2.29. The summed E-state index contributed by atoms with van der Waals surface area (Å²) in [6, 6.07) is 0. The number of nitrogens with zero attached hydrogens (tertiary/aromatic N) is 3. The zero-order chi connectivity index (χ0) is 12.8. The van der Waals surface area contributed by atoms with Crippen molar-refractivity contribution < 1.29 is 9.90 Å². The van der Waals surface area contributed by atoms with E-state index in [2.05, 4.69) is 15.6 Å². The Labute approximate surface area is 106 Å². The summed E-state index contributed by atoms with van der Waals surface area (Å²) in [6.45, 7) is 0.882. The van der Waals surface area contributed by atoms with Gasteiger partial charge < -0.3 is 10.4 Å². The summed E-state index contributed by atoms with van der Waals surface area (Å²) in [5.74, 6) is -0.0514. The molecule has 1 aromatic rings. The third-order valence-corrected chi connectivity index (χ3v) is 3.44. The van der Waals surface area contributed by atoms with Crippen LogP contribution >= 0.6 is 0 Å². The Balaban J connectivity index is 1.68. The molecule has 0 spiro atoms. The molecule has 2 N–H and O–H groups in total. The Morgan fingerprint density at radius 2 is 2.17 bits per heavy atom. The molecule has 2 rings (SSSR count). The van der Waals surface area contributed by atoms with Gasteiger partial charge in [-0.1, -0.05) is 24.5 Å². The van der Waals surface area contributed by atoms with Crippen molar-refractivity contribution in [2.75, 3.05) is 6.54 Å². The smallest absolute Gasteiger partial charge is 0.221 e. The average molecular weight is 252 g/mol. The predicted octanol–water partition coefficient (Wildman–Crippen LogP) is 0.480. The third-order valence-electron chi connectivity index (χ3n) is 3.44. The molecule has 0 radical (unpaired) electrons. The first-order valence-electron chi connectivity index (χ1n) is 6.51. The summed E-state index contributed by atoms with van der Waals surface area (Å²) >= 11 is 0. The van der Waals surface area contributed by atoms with Crippen LogP contribution in [0.1, 0.15) is 38.5 Å². The van der Waals surface area contributed by atoms with Crippen LogP contribution in [0, 0.1) is 0 Å². The minimum absolute atomic E-state index is 0.0514. The van der Waals surface area contributed by atoms with Crippen molar-refractivity contribution >= 4 is 5.91 Å². The first-order chi connectivity index (χ1) is 8.68. The van der Waals surface area contributed by atoms with Crippen LogP contribution in [0.5, 0.6) is 0 Å². The fourth-order valence-corrected chi connectivity index (χ4v) is 2.31. The minimum Gasteiger partial charge on any atom is -0.388 e. The summed E-state index contributed by atoms with van der Waals surface area (Å²) in [6.07, 6.45) is 8.52. The highest BCUT2D eigenvalue weighted by Crippen LogP contribution is 2.27. The second-order valence-electron chi connectivity index (χ2n) is 4.98. The standard InChI is InChI=1S/C12H20N4O2/c17-11(4-8-16-9-7-14-15-16)13-10-12(18)5-2-1-3-6-12/h7,9,18H,1-6,8,10H2,(H,13,17). The maximum absolute atomic E-state index is 11.6. The molecule has 1 heterocycles. The number of rotatable bonds is 5. The topological polar surface area (TPSA) is 80.0 Å². The van der Waals surface area contributed by atoms with Crippen molar-refractivity contribution in [2.45, 2.75) is 50.7 Å². The van der Waals surface area contributed by atoms with Crippen LogP contribution in [0.25, 0.3) is 0 Å². The van der Waals surface area contributed by atoms with E-state index < -0.39 is 5.60 Å². The molecule has 1 saturated carbocycles. The number of carbonyl (C=O) groups is 1. The van der Waals surface area contributed by atoms with E-state index in [-0.39, 0.29) is 5.91 Å². The average Bonchev–Trinajstić information content (AvgIpc) is 2.88. The molecule has 0 aromatic carbocycles. The van der Waals surface area contributed by atoms with E-state index in [1.54, 1.807) is 17.1 Å². The minimum atomic E-state index is -0.693. The molecule has 1 aromatic heterocycles. The SMILES string of the molecule is O=C(CCn1ccnn1)NCC1(O)CCCCC1. The molecule has 0 saturated heterocycles. The van der Waals surface area contributed by atoms with Crippen molar-refractivity contribution in [2.24, 2.45) is 0 Å². The molecule has 18 heavy (non-hydrogen) atoms. The molecule has 100 valence electrons. The molecular weight excluding hydrogens is 232 g/mol. The molecule has 6 nitrogen and oxygen atoms in total. The normalized spacial score (nSPS) is 18.5. The van der Waals surface area contributed by atoms with Crippen LogP contribution in [0.4, 0.5) is 0 Å². The highest BCUT2D eigenvalue weighted by molar-refractivity contribution is 5.75. The quantitative estimate of drug-likeness (QED) is 0.798. The van der Waals surface area contributed by atoms with E-state index in [0.717, 1.165) is 25.7 Å². The number of aliphatic hydroxyl groups is 1. The maximum atomic E-state index is 11.6. The van der Waals surface area contributed by atoms with Gasteiger partial charge in [0.25, 0.3) is 0 Å². The van der Waals surface area contributed by atoms with Gasteiger partial charge in [-0.05, 0) is 12.8 Å². The number of aromatic nitrogens is 3. The maximum Gasteiger partial charge on any atom is 0.221 e. The fourth-order valence-electron chi connectivity index (χ4n) is 2.31. The van der Waals surface area contributed by atoms with Gasteiger partial charge in [-0.2, -0.15) is 0 Å².